The van der Waals surface area contributed by atoms with Crippen molar-refractivity contribution in [2.45, 2.75) is 6.54 Å². The molecule has 0 saturated heterocycles. The maximum Gasteiger partial charge on any atom is 0.270 e. The number of anilines is 1. The van der Waals surface area contributed by atoms with Gasteiger partial charge in [-0.1, -0.05) is 24.3 Å². The molecule has 0 saturated carbocycles. The van der Waals surface area contributed by atoms with Gasteiger partial charge in [-0.15, -0.1) is 11.3 Å². The van der Waals surface area contributed by atoms with Crippen LogP contribution in [0.3, 0.4) is 0 Å². The summed E-state index contributed by atoms with van der Waals surface area (Å²) in [6.45, 7) is 0.796. The molecule has 1 N–H and O–H groups in total. The molecule has 0 radical (unpaired) electrons. The smallest absolute Gasteiger partial charge is 0.270 e. The number of nitrogens with zero attached hydrogens (tertiary/aromatic N) is 3. The van der Waals surface area contributed by atoms with Crippen LogP contribution in [-0.2, 0) is 11.3 Å². The summed E-state index contributed by atoms with van der Waals surface area (Å²) in [7, 11) is 3.47. The highest BCUT2D eigenvalue weighted by Gasteiger charge is 2.13. The van der Waals surface area contributed by atoms with Crippen LogP contribution in [-0.4, -0.2) is 41.4 Å². The molecule has 0 aliphatic heterocycles. The number of hydrogen-bond acceptors (Lipinski definition) is 7. The van der Waals surface area contributed by atoms with Crippen LogP contribution in [0.2, 0.25) is 0 Å². The predicted molar refractivity (Wildman–Crippen MR) is 112 cm³/mol. The van der Waals surface area contributed by atoms with E-state index < -0.39 is 4.92 Å². The second-order valence-electron chi connectivity index (χ2n) is 6.42. The summed E-state index contributed by atoms with van der Waals surface area (Å²) in [5.74, 6) is 0.590. The number of likely N-dealkylation sites (N-methyl/N-ethyl adjacent to an activating group) is 1. The highest BCUT2D eigenvalue weighted by Crippen LogP contribution is 2.27. The van der Waals surface area contributed by atoms with Crippen molar-refractivity contribution in [2.24, 2.45) is 0 Å². The van der Waals surface area contributed by atoms with Gasteiger partial charge in [0.1, 0.15) is 5.75 Å². The second-order valence-corrected chi connectivity index (χ2v) is 7.28. The number of thiazole rings is 1. The van der Waals surface area contributed by atoms with Crippen LogP contribution in [0.25, 0.3) is 11.3 Å². The largest absolute Gasteiger partial charge is 0.497 e. The van der Waals surface area contributed by atoms with Crippen LogP contribution < -0.4 is 10.1 Å². The van der Waals surface area contributed by atoms with Crippen molar-refractivity contribution in [1.29, 1.82) is 0 Å². The van der Waals surface area contributed by atoms with Gasteiger partial charge < -0.3 is 10.1 Å². The fourth-order valence-corrected chi connectivity index (χ4v) is 3.52. The number of amides is 1. The van der Waals surface area contributed by atoms with Gasteiger partial charge in [0.2, 0.25) is 5.91 Å². The van der Waals surface area contributed by atoms with Gasteiger partial charge in [-0.25, -0.2) is 4.98 Å². The average Bonchev–Trinajstić information content (AvgIpc) is 3.16. The van der Waals surface area contributed by atoms with E-state index in [1.54, 1.807) is 24.6 Å². The van der Waals surface area contributed by atoms with Crippen LogP contribution in [0.15, 0.2) is 53.9 Å². The van der Waals surface area contributed by atoms with Crippen LogP contribution >= 0.6 is 11.3 Å². The van der Waals surface area contributed by atoms with Gasteiger partial charge in [-0.3, -0.25) is 19.8 Å². The number of nitrogens with one attached hydrogen (secondary N) is 1. The minimum atomic E-state index is -0.448. The maximum atomic E-state index is 12.3. The summed E-state index contributed by atoms with van der Waals surface area (Å²) in [5, 5.41) is 15.9. The number of benzene rings is 2. The molecule has 2 aromatic carbocycles. The van der Waals surface area contributed by atoms with E-state index in [2.05, 4.69) is 10.3 Å². The van der Waals surface area contributed by atoms with Crippen LogP contribution in [0.4, 0.5) is 10.8 Å². The Bertz CT molecular complexity index is 1020. The molecular weight excluding hydrogens is 392 g/mol. The lowest BCUT2D eigenvalue weighted by Gasteiger charge is -2.16. The van der Waals surface area contributed by atoms with Crippen molar-refractivity contribution in [1.82, 2.24) is 9.88 Å². The molecule has 29 heavy (non-hydrogen) atoms. The van der Waals surface area contributed by atoms with Gasteiger partial charge in [-0.05, 0) is 24.7 Å². The van der Waals surface area contributed by atoms with Crippen molar-refractivity contribution in [2.75, 3.05) is 26.0 Å². The predicted octanol–water partition coefficient (Wildman–Crippen LogP) is 3.80. The molecule has 0 spiro atoms. The molecule has 0 bridgehead atoms. The highest BCUT2D eigenvalue weighted by atomic mass is 32.1. The Labute approximate surface area is 171 Å². The Morgan fingerprint density at radius 3 is 2.83 bits per heavy atom. The van der Waals surface area contributed by atoms with Crippen molar-refractivity contribution in [3.63, 3.8) is 0 Å². The molecule has 3 rings (SSSR count). The molecule has 1 aromatic heterocycles. The highest BCUT2D eigenvalue weighted by molar-refractivity contribution is 7.14. The number of aromatic nitrogens is 1. The van der Waals surface area contributed by atoms with E-state index in [1.165, 1.54) is 23.5 Å². The molecule has 0 aliphatic rings. The lowest BCUT2D eigenvalue weighted by Crippen LogP contribution is -2.29. The molecule has 9 heteroatoms. The Morgan fingerprint density at radius 2 is 2.07 bits per heavy atom. The quantitative estimate of drug-likeness (QED) is 0.446. The molecule has 0 aliphatic carbocycles. The number of nitro groups is 1. The van der Waals surface area contributed by atoms with Gasteiger partial charge in [0.15, 0.2) is 5.13 Å². The lowest BCUT2D eigenvalue weighted by atomic mass is 10.1. The number of nitro benzene ring substituents is 1. The van der Waals surface area contributed by atoms with Crippen LogP contribution in [0.1, 0.15) is 5.56 Å². The Balaban J connectivity index is 1.58. The number of methoxy groups -OCH3 is 1. The number of carbonyl (C=O) groups is 1. The second kappa shape index (κ2) is 9.26. The zero-order valence-corrected chi connectivity index (χ0v) is 16.8. The maximum absolute atomic E-state index is 12.3. The molecule has 0 atom stereocenters. The van der Waals surface area contributed by atoms with Gasteiger partial charge in [0.25, 0.3) is 5.69 Å². The first-order chi connectivity index (χ1) is 13.9. The van der Waals surface area contributed by atoms with Crippen molar-refractivity contribution in [3.05, 3.63) is 69.6 Å². The van der Waals surface area contributed by atoms with Crippen molar-refractivity contribution in [3.8, 4) is 17.0 Å². The Kier molecular flexibility index (Phi) is 6.53. The fraction of sp³-hybridized carbons (Fsp3) is 0.200. The van der Waals surface area contributed by atoms with E-state index in [1.807, 2.05) is 36.2 Å². The number of ether oxygens (including phenoxy) is 1. The first-order valence-corrected chi connectivity index (χ1v) is 9.64. The number of carbonyl (C=O) groups excluding carboxylic acids is 1. The third-order valence-electron chi connectivity index (χ3n) is 4.10. The molecule has 0 fully saturated rings. The van der Waals surface area contributed by atoms with E-state index in [9.17, 15) is 14.9 Å². The topological polar surface area (TPSA) is 97.6 Å². The molecule has 1 amide bonds. The van der Waals surface area contributed by atoms with Gasteiger partial charge in [0, 0.05) is 29.6 Å². The number of non-ortho nitro benzene ring substituents is 1. The normalized spacial score (nSPS) is 10.7. The van der Waals surface area contributed by atoms with Crippen molar-refractivity contribution < 1.29 is 14.5 Å². The van der Waals surface area contributed by atoms with Gasteiger partial charge >= 0.3 is 0 Å². The summed E-state index contributed by atoms with van der Waals surface area (Å²) in [5.41, 5.74) is 2.26. The molecule has 8 nitrogen and oxygen atoms in total. The molecule has 1 heterocycles. The standard InChI is InChI=1S/C20H20N4O4S/c1-23(11-14-5-3-8-17(9-14)28-2)12-19(25)22-20-21-18(13-29-20)15-6-4-7-16(10-15)24(26)27/h3-10,13H,11-12H2,1-2H3,(H,21,22,25). The summed E-state index contributed by atoms with van der Waals surface area (Å²) in [4.78, 5) is 29.1. The van der Waals surface area contributed by atoms with E-state index in [4.69, 9.17) is 4.74 Å². The Morgan fingerprint density at radius 1 is 1.28 bits per heavy atom. The average molecular weight is 412 g/mol. The third kappa shape index (κ3) is 5.59. The molecule has 0 unspecified atom stereocenters. The minimum Gasteiger partial charge on any atom is -0.497 e. The summed E-state index contributed by atoms with van der Waals surface area (Å²) in [6.07, 6.45) is 0. The molecule has 3 aromatic rings. The van der Waals surface area contributed by atoms with Crippen LogP contribution in [0, 0.1) is 10.1 Å². The Hall–Kier alpha value is -3.30. The summed E-state index contributed by atoms with van der Waals surface area (Å²) in [6, 6.07) is 13.9. The molecule has 150 valence electrons. The SMILES string of the molecule is COc1cccc(CN(C)CC(=O)Nc2nc(-c3cccc([N+](=O)[O-])c3)cs2)c1. The zero-order valence-electron chi connectivity index (χ0n) is 16.0. The van der Waals surface area contributed by atoms with E-state index in [0.717, 1.165) is 11.3 Å². The van der Waals surface area contributed by atoms with Gasteiger partial charge in [-0.2, -0.15) is 0 Å². The van der Waals surface area contributed by atoms with Crippen molar-refractivity contribution >= 4 is 28.1 Å². The first kappa shape index (κ1) is 20.4. The van der Waals surface area contributed by atoms with E-state index in [0.29, 0.717) is 22.9 Å². The van der Waals surface area contributed by atoms with E-state index >= 15 is 0 Å². The fourth-order valence-electron chi connectivity index (χ4n) is 2.78. The third-order valence-corrected chi connectivity index (χ3v) is 4.86. The monoisotopic (exact) mass is 412 g/mol. The first-order valence-electron chi connectivity index (χ1n) is 8.76. The number of rotatable bonds is 8. The number of hydrogen-bond donors (Lipinski definition) is 1. The lowest BCUT2D eigenvalue weighted by molar-refractivity contribution is -0.384. The minimum absolute atomic E-state index is 0.000234. The van der Waals surface area contributed by atoms with Crippen LogP contribution in [0.5, 0.6) is 5.75 Å². The van der Waals surface area contributed by atoms with Gasteiger partial charge in [0.05, 0.1) is 24.3 Å². The van der Waals surface area contributed by atoms with E-state index in [-0.39, 0.29) is 18.1 Å². The zero-order chi connectivity index (χ0) is 20.8. The molecular formula is C20H20N4O4S. The summed E-state index contributed by atoms with van der Waals surface area (Å²) >= 11 is 1.28. The summed E-state index contributed by atoms with van der Waals surface area (Å²) < 4.78 is 5.21.